The van der Waals surface area contributed by atoms with Crippen molar-refractivity contribution in [2.75, 3.05) is 20.2 Å². The van der Waals surface area contributed by atoms with Crippen LogP contribution in [0.2, 0.25) is 0 Å². The number of ether oxygens (including phenoxy) is 2. The predicted molar refractivity (Wildman–Crippen MR) is 104 cm³/mol. The van der Waals surface area contributed by atoms with Gasteiger partial charge < -0.3 is 20.1 Å². The topological polar surface area (TPSA) is 67.8 Å². The fraction of sp³-hybridized carbons (Fsp3) is 0.700. The summed E-state index contributed by atoms with van der Waals surface area (Å²) < 4.78 is 11.8. The van der Waals surface area contributed by atoms with Gasteiger partial charge in [-0.15, -0.1) is 0 Å². The third-order valence-corrected chi connectivity index (χ3v) is 5.25. The van der Waals surface area contributed by atoms with Gasteiger partial charge in [0, 0.05) is 39.0 Å². The number of hydrogen-bond acceptors (Lipinski definition) is 4. The van der Waals surface area contributed by atoms with E-state index >= 15 is 0 Å². The fourth-order valence-corrected chi connectivity index (χ4v) is 3.59. The van der Waals surface area contributed by atoms with Crippen molar-refractivity contribution in [3.05, 3.63) is 23.9 Å². The Morgan fingerprint density at radius 1 is 1.27 bits per heavy atom. The van der Waals surface area contributed by atoms with Crippen molar-refractivity contribution in [1.82, 2.24) is 15.6 Å². The smallest absolute Gasteiger partial charge is 0.213 e. The Balaban J connectivity index is 1.42. The van der Waals surface area contributed by atoms with E-state index in [9.17, 15) is 0 Å². The van der Waals surface area contributed by atoms with Crippen molar-refractivity contribution in [3.63, 3.8) is 0 Å². The largest absolute Gasteiger partial charge is 0.474 e. The Bertz CT molecular complexity index is 576. The molecule has 0 bridgehead atoms. The predicted octanol–water partition coefficient (Wildman–Crippen LogP) is 3.03. The summed E-state index contributed by atoms with van der Waals surface area (Å²) in [5.74, 6) is 1.51. The molecule has 1 saturated carbocycles. The van der Waals surface area contributed by atoms with Gasteiger partial charge in [-0.3, -0.25) is 4.99 Å². The molecule has 0 radical (unpaired) electrons. The number of rotatable bonds is 6. The quantitative estimate of drug-likeness (QED) is 0.603. The molecule has 1 unspecified atom stereocenters. The highest BCUT2D eigenvalue weighted by Crippen LogP contribution is 2.24. The van der Waals surface area contributed by atoms with E-state index in [1.54, 1.807) is 7.05 Å². The maximum Gasteiger partial charge on any atom is 0.213 e. The molecule has 1 saturated heterocycles. The lowest BCUT2D eigenvalue weighted by Crippen LogP contribution is -2.45. The van der Waals surface area contributed by atoms with Crippen molar-refractivity contribution in [2.24, 2.45) is 4.99 Å². The Labute approximate surface area is 156 Å². The van der Waals surface area contributed by atoms with E-state index in [1.807, 2.05) is 12.3 Å². The number of pyridine rings is 1. The van der Waals surface area contributed by atoms with Gasteiger partial charge in [-0.25, -0.2) is 4.98 Å². The van der Waals surface area contributed by atoms with Gasteiger partial charge in [-0.2, -0.15) is 0 Å². The Kier molecular flexibility index (Phi) is 6.72. The summed E-state index contributed by atoms with van der Waals surface area (Å²) in [6.07, 6.45) is 10.6. The second-order valence-corrected chi connectivity index (χ2v) is 7.56. The summed E-state index contributed by atoms with van der Waals surface area (Å²) >= 11 is 0. The molecule has 6 heteroatoms. The Hall–Kier alpha value is -1.82. The zero-order chi connectivity index (χ0) is 18.2. The summed E-state index contributed by atoms with van der Waals surface area (Å²) in [6.45, 7) is 4.44. The van der Waals surface area contributed by atoms with Gasteiger partial charge in [-0.1, -0.05) is 12.5 Å². The zero-order valence-electron chi connectivity index (χ0n) is 16.1. The second kappa shape index (κ2) is 9.21. The highest BCUT2D eigenvalue weighted by molar-refractivity contribution is 5.79. The third kappa shape index (κ3) is 5.59. The van der Waals surface area contributed by atoms with Crippen LogP contribution in [-0.4, -0.2) is 42.8 Å². The molecule has 26 heavy (non-hydrogen) atoms. The van der Waals surface area contributed by atoms with Crippen LogP contribution in [0.3, 0.4) is 0 Å². The van der Waals surface area contributed by atoms with Crippen molar-refractivity contribution in [3.8, 4) is 5.88 Å². The molecule has 2 fully saturated rings. The lowest BCUT2D eigenvalue weighted by atomic mass is 9.98. The SMILES string of the molecule is CN=C(NCc1ccc(OC2CCCCC2)nc1)NCC1(C)CCCO1. The van der Waals surface area contributed by atoms with Crippen molar-refractivity contribution >= 4 is 5.96 Å². The van der Waals surface area contributed by atoms with E-state index in [4.69, 9.17) is 9.47 Å². The van der Waals surface area contributed by atoms with Gasteiger partial charge in [0.05, 0.1) is 5.60 Å². The molecule has 2 aliphatic rings. The summed E-state index contributed by atoms with van der Waals surface area (Å²) in [6, 6.07) is 4.03. The molecule has 3 rings (SSSR count). The standard InChI is InChI=1S/C20H32N4O2/c1-20(11-6-12-25-20)15-24-19(21-2)23-14-16-9-10-18(22-13-16)26-17-7-4-3-5-8-17/h9-10,13,17H,3-8,11-12,14-15H2,1-2H3,(H2,21,23,24). The highest BCUT2D eigenvalue weighted by atomic mass is 16.5. The van der Waals surface area contributed by atoms with E-state index in [0.29, 0.717) is 12.6 Å². The molecule has 0 amide bonds. The minimum absolute atomic E-state index is 0.0860. The normalized spacial score (nSPS) is 24.5. The van der Waals surface area contributed by atoms with Crippen LogP contribution in [0.5, 0.6) is 5.88 Å². The lowest BCUT2D eigenvalue weighted by Gasteiger charge is -2.24. The van der Waals surface area contributed by atoms with Crippen molar-refractivity contribution < 1.29 is 9.47 Å². The van der Waals surface area contributed by atoms with Crippen molar-refractivity contribution in [1.29, 1.82) is 0 Å². The highest BCUT2D eigenvalue weighted by Gasteiger charge is 2.29. The number of guanidine groups is 1. The van der Waals surface area contributed by atoms with E-state index in [0.717, 1.165) is 56.2 Å². The Morgan fingerprint density at radius 3 is 2.77 bits per heavy atom. The van der Waals surface area contributed by atoms with Crippen LogP contribution in [0.4, 0.5) is 0 Å². The lowest BCUT2D eigenvalue weighted by molar-refractivity contribution is 0.0243. The summed E-state index contributed by atoms with van der Waals surface area (Å²) in [4.78, 5) is 8.74. The molecule has 1 atom stereocenters. The first-order chi connectivity index (χ1) is 12.7. The fourth-order valence-electron chi connectivity index (χ4n) is 3.59. The van der Waals surface area contributed by atoms with Crippen LogP contribution in [-0.2, 0) is 11.3 Å². The van der Waals surface area contributed by atoms with E-state index in [1.165, 1.54) is 19.3 Å². The number of nitrogens with one attached hydrogen (secondary N) is 2. The van der Waals surface area contributed by atoms with Gasteiger partial charge in [0.15, 0.2) is 5.96 Å². The molecule has 1 aliphatic heterocycles. The van der Waals surface area contributed by atoms with Gasteiger partial charge in [0.25, 0.3) is 0 Å². The Morgan fingerprint density at radius 2 is 2.12 bits per heavy atom. The summed E-state index contributed by atoms with van der Waals surface area (Å²) in [7, 11) is 1.78. The van der Waals surface area contributed by atoms with E-state index < -0.39 is 0 Å². The molecule has 144 valence electrons. The monoisotopic (exact) mass is 360 g/mol. The summed E-state index contributed by atoms with van der Waals surface area (Å²) in [5.41, 5.74) is 1.02. The number of aromatic nitrogens is 1. The molecule has 1 aliphatic carbocycles. The molecule has 0 aromatic carbocycles. The minimum Gasteiger partial charge on any atom is -0.474 e. The van der Waals surface area contributed by atoms with Gasteiger partial charge in [0.2, 0.25) is 5.88 Å². The van der Waals surface area contributed by atoms with Crippen LogP contribution in [0.1, 0.15) is 57.4 Å². The maximum absolute atomic E-state index is 5.98. The molecular weight excluding hydrogens is 328 g/mol. The average molecular weight is 361 g/mol. The number of hydrogen-bond donors (Lipinski definition) is 2. The van der Waals surface area contributed by atoms with Crippen LogP contribution >= 0.6 is 0 Å². The first kappa shape index (κ1) is 19.0. The van der Waals surface area contributed by atoms with Crippen molar-refractivity contribution in [2.45, 2.75) is 70.1 Å². The molecule has 2 N–H and O–H groups in total. The number of aliphatic imine (C=N–C) groups is 1. The molecule has 0 spiro atoms. The zero-order valence-corrected chi connectivity index (χ0v) is 16.1. The maximum atomic E-state index is 5.98. The summed E-state index contributed by atoms with van der Waals surface area (Å²) in [5, 5.41) is 6.69. The van der Waals surface area contributed by atoms with Crippen LogP contribution < -0.4 is 15.4 Å². The number of nitrogens with zero attached hydrogens (tertiary/aromatic N) is 2. The van der Waals surface area contributed by atoms with E-state index in [2.05, 4.69) is 33.6 Å². The molecule has 1 aromatic rings. The molecule has 2 heterocycles. The van der Waals surface area contributed by atoms with Crippen LogP contribution in [0.15, 0.2) is 23.3 Å². The second-order valence-electron chi connectivity index (χ2n) is 7.56. The molecule has 1 aromatic heterocycles. The average Bonchev–Trinajstić information content (AvgIpc) is 3.11. The van der Waals surface area contributed by atoms with Gasteiger partial charge in [-0.05, 0) is 51.0 Å². The first-order valence-electron chi connectivity index (χ1n) is 9.87. The minimum atomic E-state index is -0.0860. The molecule has 6 nitrogen and oxygen atoms in total. The van der Waals surface area contributed by atoms with E-state index in [-0.39, 0.29) is 5.60 Å². The third-order valence-electron chi connectivity index (χ3n) is 5.25. The first-order valence-corrected chi connectivity index (χ1v) is 9.87. The van der Waals surface area contributed by atoms with Gasteiger partial charge >= 0.3 is 0 Å². The van der Waals surface area contributed by atoms with Gasteiger partial charge in [0.1, 0.15) is 6.10 Å². The van der Waals surface area contributed by atoms with Crippen LogP contribution in [0.25, 0.3) is 0 Å². The molecular formula is C20H32N4O2. The van der Waals surface area contributed by atoms with Crippen LogP contribution in [0, 0.1) is 0 Å².